The van der Waals surface area contributed by atoms with E-state index in [0.717, 1.165) is 49.9 Å². The zero-order valence-electron chi connectivity index (χ0n) is 24.0. The van der Waals surface area contributed by atoms with Gasteiger partial charge in [0.2, 0.25) is 5.79 Å². The molecule has 40 heavy (non-hydrogen) atoms. The molecule has 1 aromatic rings. The molecule has 1 aromatic heterocycles. The standard InChI is InChI=1S/C32H43BrN2O5/c1-29-12-22-15-34-35(16-21-5-3-20(14-33)4-6-21)26(22)11-23(29)7-8-24-25-9-10-31(30(25,2)13-27(36)28(24)29)32(40-19-38-31)17-37-18-39-32/h11,15,20-21,24-25,28H,3-10,12-14,16-19H2,1-2H3/t20?,21?,24-,25-,28+,29-,30-,31+,32?/m0/s1. The lowest BCUT2D eigenvalue weighted by Crippen LogP contribution is -2.65. The molecule has 218 valence electrons. The lowest BCUT2D eigenvalue weighted by molar-refractivity contribution is -0.246. The molecule has 7 atom stereocenters. The van der Waals surface area contributed by atoms with Crippen LogP contribution in [0.2, 0.25) is 0 Å². The summed E-state index contributed by atoms with van der Waals surface area (Å²) in [5.74, 6) is 1.90. The Morgan fingerprint density at radius 3 is 2.60 bits per heavy atom. The van der Waals surface area contributed by atoms with Gasteiger partial charge in [-0.15, -0.1) is 0 Å². The van der Waals surface area contributed by atoms with E-state index in [1.807, 2.05) is 0 Å². The van der Waals surface area contributed by atoms with Gasteiger partial charge >= 0.3 is 0 Å². The monoisotopic (exact) mass is 614 g/mol. The second-order valence-electron chi connectivity index (χ2n) is 14.5. The predicted molar refractivity (Wildman–Crippen MR) is 152 cm³/mol. The van der Waals surface area contributed by atoms with Gasteiger partial charge in [0.1, 0.15) is 18.0 Å². The van der Waals surface area contributed by atoms with Crippen LogP contribution in [0.4, 0.5) is 0 Å². The van der Waals surface area contributed by atoms with Crippen molar-refractivity contribution in [3.05, 3.63) is 23.0 Å². The first kappa shape index (κ1) is 26.6. The van der Waals surface area contributed by atoms with Crippen LogP contribution >= 0.6 is 15.9 Å². The van der Waals surface area contributed by atoms with Crippen molar-refractivity contribution in [2.75, 3.05) is 25.5 Å². The first-order valence-corrected chi connectivity index (χ1v) is 16.8. The average Bonchev–Trinajstić information content (AvgIpc) is 3.72. The van der Waals surface area contributed by atoms with Crippen LogP contribution < -0.4 is 0 Å². The van der Waals surface area contributed by atoms with Crippen LogP contribution in [-0.4, -0.2) is 52.5 Å². The molecule has 8 rings (SSSR count). The van der Waals surface area contributed by atoms with Gasteiger partial charge in [-0.05, 0) is 93.1 Å². The molecule has 2 spiro atoms. The highest BCUT2D eigenvalue weighted by Crippen LogP contribution is 2.70. The predicted octanol–water partition coefficient (Wildman–Crippen LogP) is 5.89. The Balaban J connectivity index is 1.07. The third-order valence-corrected chi connectivity index (χ3v) is 13.8. The zero-order valence-corrected chi connectivity index (χ0v) is 25.5. The van der Waals surface area contributed by atoms with Crippen LogP contribution in [0.5, 0.6) is 0 Å². The van der Waals surface area contributed by atoms with E-state index in [1.54, 1.807) is 0 Å². The summed E-state index contributed by atoms with van der Waals surface area (Å²) in [6.45, 7) is 6.52. The fourth-order valence-corrected chi connectivity index (χ4v) is 11.5. The Hall–Kier alpha value is -1.06. The molecular weight excluding hydrogens is 572 g/mol. The number of hydrogen-bond donors (Lipinski definition) is 0. The Morgan fingerprint density at radius 1 is 1.02 bits per heavy atom. The number of hydrogen-bond acceptors (Lipinski definition) is 6. The van der Waals surface area contributed by atoms with Crippen molar-refractivity contribution in [2.45, 2.75) is 96.0 Å². The van der Waals surface area contributed by atoms with Crippen molar-refractivity contribution in [3.8, 4) is 0 Å². The molecule has 6 fully saturated rings. The van der Waals surface area contributed by atoms with Crippen molar-refractivity contribution < 1.29 is 23.7 Å². The van der Waals surface area contributed by atoms with Crippen LogP contribution in [0.25, 0.3) is 6.08 Å². The first-order chi connectivity index (χ1) is 19.3. The van der Waals surface area contributed by atoms with E-state index < -0.39 is 11.4 Å². The Morgan fingerprint density at radius 2 is 1.82 bits per heavy atom. The summed E-state index contributed by atoms with van der Waals surface area (Å²) in [5, 5.41) is 6.05. The van der Waals surface area contributed by atoms with Crippen LogP contribution in [-0.2, 0) is 36.7 Å². The minimum absolute atomic E-state index is 0.0516. The number of alkyl halides is 1. The topological polar surface area (TPSA) is 71.8 Å². The number of aromatic nitrogens is 2. The van der Waals surface area contributed by atoms with E-state index >= 15 is 0 Å². The highest BCUT2D eigenvalue weighted by atomic mass is 79.9. The lowest BCUT2D eigenvalue weighted by Gasteiger charge is -2.59. The van der Waals surface area contributed by atoms with E-state index in [4.69, 9.17) is 24.0 Å². The number of halogens is 1. The van der Waals surface area contributed by atoms with Gasteiger partial charge in [-0.1, -0.05) is 35.4 Å². The number of carbonyl (C=O) groups is 1. The molecule has 2 saturated heterocycles. The minimum atomic E-state index is -0.880. The van der Waals surface area contributed by atoms with Crippen molar-refractivity contribution in [1.29, 1.82) is 0 Å². The molecule has 1 unspecified atom stereocenters. The van der Waals surface area contributed by atoms with Gasteiger partial charge < -0.3 is 18.9 Å². The number of allylic oxidation sites excluding steroid dienone is 1. The van der Waals surface area contributed by atoms with Gasteiger partial charge in [-0.25, -0.2) is 0 Å². The second kappa shape index (κ2) is 9.22. The molecule has 5 aliphatic carbocycles. The number of fused-ring (bicyclic) bond motifs is 8. The fourth-order valence-electron chi connectivity index (χ4n) is 10.9. The molecule has 8 heteroatoms. The van der Waals surface area contributed by atoms with Crippen LogP contribution in [0.15, 0.2) is 11.8 Å². The number of rotatable bonds is 3. The average molecular weight is 616 g/mol. The van der Waals surface area contributed by atoms with Crippen LogP contribution in [0.3, 0.4) is 0 Å². The maximum Gasteiger partial charge on any atom is 0.226 e. The summed E-state index contributed by atoms with van der Waals surface area (Å²) >= 11 is 3.68. The van der Waals surface area contributed by atoms with Gasteiger partial charge in [0.05, 0.1) is 11.9 Å². The quantitative estimate of drug-likeness (QED) is 0.395. The Labute approximate surface area is 245 Å². The van der Waals surface area contributed by atoms with Gasteiger partial charge in [-0.3, -0.25) is 9.48 Å². The molecule has 0 radical (unpaired) electrons. The number of Topliss-reactive ketones (excluding diaryl/α,β-unsaturated/α-hetero) is 1. The molecule has 4 saturated carbocycles. The zero-order chi connectivity index (χ0) is 27.3. The van der Waals surface area contributed by atoms with Crippen molar-refractivity contribution >= 4 is 27.8 Å². The maximum atomic E-state index is 14.4. The van der Waals surface area contributed by atoms with Gasteiger partial charge in [-0.2, -0.15) is 5.10 Å². The molecule has 0 aromatic carbocycles. The third-order valence-electron chi connectivity index (χ3n) is 12.9. The third kappa shape index (κ3) is 3.43. The van der Waals surface area contributed by atoms with Gasteiger partial charge in [0.15, 0.2) is 13.6 Å². The molecule has 2 aliphatic heterocycles. The second-order valence-corrected chi connectivity index (χ2v) is 15.2. The number of ketones is 1. The van der Waals surface area contributed by atoms with Crippen LogP contribution in [0.1, 0.15) is 82.9 Å². The molecule has 0 N–H and O–H groups in total. The normalized spacial score (nSPS) is 47.7. The summed E-state index contributed by atoms with van der Waals surface area (Å²) < 4.78 is 26.7. The molecular formula is C32H43BrN2O5. The first-order valence-electron chi connectivity index (χ1n) is 15.7. The molecule has 0 amide bonds. The van der Waals surface area contributed by atoms with Crippen molar-refractivity contribution in [3.63, 3.8) is 0 Å². The summed E-state index contributed by atoms with van der Waals surface area (Å²) in [5.41, 5.74) is 3.04. The summed E-state index contributed by atoms with van der Waals surface area (Å²) in [4.78, 5) is 14.4. The molecule has 7 aliphatic rings. The largest absolute Gasteiger partial charge is 0.350 e. The maximum absolute atomic E-state index is 14.4. The van der Waals surface area contributed by atoms with E-state index in [2.05, 4.69) is 46.7 Å². The fraction of sp³-hybridized carbons (Fsp3) is 0.812. The Kier molecular flexibility index (Phi) is 6.12. The minimum Gasteiger partial charge on any atom is -0.350 e. The number of nitrogens with zero attached hydrogens (tertiary/aromatic N) is 2. The Bertz CT molecular complexity index is 1230. The highest BCUT2D eigenvalue weighted by molar-refractivity contribution is 9.09. The number of ether oxygens (including phenoxy) is 4. The van der Waals surface area contributed by atoms with Gasteiger partial charge in [0, 0.05) is 35.0 Å². The molecule has 0 bridgehead atoms. The van der Waals surface area contributed by atoms with E-state index in [9.17, 15) is 4.79 Å². The lowest BCUT2D eigenvalue weighted by atomic mass is 9.45. The summed E-state index contributed by atoms with van der Waals surface area (Å²) in [6, 6.07) is 0. The SMILES string of the molecule is C[C@]12Cc3cnn(CC4CCC(CBr)CC4)c3C=C1CC[C@@H]1[C@@H]2C(=O)C[C@@]2(C)[C@H]1CC[C@@]21OCOC12COCO2. The summed E-state index contributed by atoms with van der Waals surface area (Å²) in [6.07, 6.45) is 15.3. The highest BCUT2D eigenvalue weighted by Gasteiger charge is 2.76. The van der Waals surface area contributed by atoms with Gasteiger partial charge in [0.25, 0.3) is 0 Å². The van der Waals surface area contributed by atoms with Crippen molar-refractivity contribution in [1.82, 2.24) is 9.78 Å². The summed E-state index contributed by atoms with van der Waals surface area (Å²) in [7, 11) is 0. The number of carbonyl (C=O) groups excluding carboxylic acids is 1. The smallest absolute Gasteiger partial charge is 0.226 e. The van der Waals surface area contributed by atoms with Crippen LogP contribution in [0, 0.1) is 40.4 Å². The van der Waals surface area contributed by atoms with E-state index in [1.165, 1.54) is 42.5 Å². The van der Waals surface area contributed by atoms with E-state index in [-0.39, 0.29) is 30.3 Å². The molecule has 7 nitrogen and oxygen atoms in total. The van der Waals surface area contributed by atoms with E-state index in [0.29, 0.717) is 36.6 Å². The van der Waals surface area contributed by atoms with Crippen molar-refractivity contribution in [2.24, 2.45) is 40.4 Å². The molecule has 3 heterocycles.